The molecule has 6 nitrogen and oxygen atoms in total. The lowest BCUT2D eigenvalue weighted by atomic mass is 10.2. The van der Waals surface area contributed by atoms with Crippen molar-refractivity contribution in [1.29, 1.82) is 0 Å². The molecule has 0 amide bonds. The zero-order valence-corrected chi connectivity index (χ0v) is 11.4. The lowest BCUT2D eigenvalue weighted by molar-refractivity contribution is -0.383. The Labute approximate surface area is 113 Å². The standard InChI is InChI=1S/C13H21N3O3/c1-3-8-14-11-6-4-7-12(13(11)16(17)18)15-9-5-10-19-2/h4,6-7,14-15H,3,5,8-10H2,1-2H3. The average molecular weight is 267 g/mol. The molecule has 0 unspecified atom stereocenters. The van der Waals surface area contributed by atoms with E-state index in [-0.39, 0.29) is 10.6 Å². The third kappa shape index (κ3) is 4.75. The maximum Gasteiger partial charge on any atom is 0.315 e. The van der Waals surface area contributed by atoms with Gasteiger partial charge in [0.2, 0.25) is 0 Å². The Morgan fingerprint density at radius 3 is 2.42 bits per heavy atom. The summed E-state index contributed by atoms with van der Waals surface area (Å²) in [6, 6.07) is 5.26. The lowest BCUT2D eigenvalue weighted by Gasteiger charge is -2.11. The van der Waals surface area contributed by atoms with E-state index in [2.05, 4.69) is 10.6 Å². The molecule has 0 aliphatic heterocycles. The lowest BCUT2D eigenvalue weighted by Crippen LogP contribution is -2.09. The van der Waals surface area contributed by atoms with Crippen LogP contribution in [-0.4, -0.2) is 31.7 Å². The Hall–Kier alpha value is -1.82. The van der Waals surface area contributed by atoms with E-state index in [4.69, 9.17) is 4.74 Å². The van der Waals surface area contributed by atoms with Crippen molar-refractivity contribution in [3.63, 3.8) is 0 Å². The van der Waals surface area contributed by atoms with Gasteiger partial charge in [0.1, 0.15) is 11.4 Å². The largest absolute Gasteiger partial charge is 0.385 e. The Bertz CT molecular complexity index is 410. The first-order valence-corrected chi connectivity index (χ1v) is 6.44. The van der Waals surface area contributed by atoms with E-state index in [1.165, 1.54) is 0 Å². The van der Waals surface area contributed by atoms with E-state index in [0.717, 1.165) is 12.8 Å². The maximum absolute atomic E-state index is 11.2. The van der Waals surface area contributed by atoms with Crippen LogP contribution in [0.1, 0.15) is 19.8 Å². The normalized spacial score (nSPS) is 10.2. The van der Waals surface area contributed by atoms with Crippen LogP contribution in [0.2, 0.25) is 0 Å². The quantitative estimate of drug-likeness (QED) is 0.409. The predicted molar refractivity (Wildman–Crippen MR) is 76.9 cm³/mol. The SMILES string of the molecule is CCCNc1cccc(NCCCOC)c1[N+](=O)[O-]. The van der Waals surface area contributed by atoms with E-state index in [0.29, 0.717) is 31.1 Å². The highest BCUT2D eigenvalue weighted by Crippen LogP contribution is 2.32. The molecule has 1 aromatic carbocycles. The summed E-state index contributed by atoms with van der Waals surface area (Å²) in [5, 5.41) is 17.4. The molecule has 1 aromatic rings. The maximum atomic E-state index is 11.2. The molecular weight excluding hydrogens is 246 g/mol. The number of hydrogen-bond acceptors (Lipinski definition) is 5. The van der Waals surface area contributed by atoms with E-state index in [1.54, 1.807) is 19.2 Å². The van der Waals surface area contributed by atoms with Crippen LogP contribution in [0.3, 0.4) is 0 Å². The predicted octanol–water partition coefficient (Wildman–Crippen LogP) is 2.87. The number of rotatable bonds is 9. The summed E-state index contributed by atoms with van der Waals surface area (Å²) in [4.78, 5) is 10.8. The Morgan fingerprint density at radius 2 is 1.89 bits per heavy atom. The van der Waals surface area contributed by atoms with Gasteiger partial charge in [-0.1, -0.05) is 13.0 Å². The summed E-state index contributed by atoms with van der Waals surface area (Å²) >= 11 is 0. The minimum atomic E-state index is -0.351. The van der Waals surface area contributed by atoms with Gasteiger partial charge in [0.05, 0.1) is 4.92 Å². The molecule has 2 N–H and O–H groups in total. The summed E-state index contributed by atoms with van der Waals surface area (Å²) in [7, 11) is 1.64. The van der Waals surface area contributed by atoms with Crippen LogP contribution in [-0.2, 0) is 4.74 Å². The van der Waals surface area contributed by atoms with Gasteiger partial charge in [-0.15, -0.1) is 0 Å². The Balaban J connectivity index is 2.80. The second-order valence-electron chi connectivity index (χ2n) is 4.16. The number of nitrogens with one attached hydrogen (secondary N) is 2. The van der Waals surface area contributed by atoms with Crippen molar-refractivity contribution in [2.45, 2.75) is 19.8 Å². The number of anilines is 2. The summed E-state index contributed by atoms with van der Waals surface area (Å²) in [5.41, 5.74) is 1.21. The molecule has 1 rings (SSSR count). The van der Waals surface area contributed by atoms with Crippen LogP contribution in [0.4, 0.5) is 17.1 Å². The highest BCUT2D eigenvalue weighted by Gasteiger charge is 2.18. The van der Waals surface area contributed by atoms with Crippen LogP contribution in [0.15, 0.2) is 18.2 Å². The molecule has 0 saturated heterocycles. The monoisotopic (exact) mass is 267 g/mol. The molecule has 0 aliphatic carbocycles. The molecule has 6 heteroatoms. The van der Waals surface area contributed by atoms with Crippen molar-refractivity contribution in [3.05, 3.63) is 28.3 Å². The van der Waals surface area contributed by atoms with Crippen LogP contribution in [0, 0.1) is 10.1 Å². The fourth-order valence-corrected chi connectivity index (χ4v) is 1.72. The Morgan fingerprint density at radius 1 is 1.26 bits per heavy atom. The Kier molecular flexibility index (Phi) is 6.67. The molecule has 0 heterocycles. The number of nitrogens with zero attached hydrogens (tertiary/aromatic N) is 1. The molecule has 0 spiro atoms. The second-order valence-corrected chi connectivity index (χ2v) is 4.16. The number of benzene rings is 1. The highest BCUT2D eigenvalue weighted by molar-refractivity contribution is 5.76. The molecule has 0 saturated carbocycles. The molecule has 106 valence electrons. The number of nitro groups is 1. The van der Waals surface area contributed by atoms with Gasteiger partial charge in [0.25, 0.3) is 0 Å². The topological polar surface area (TPSA) is 76.4 Å². The van der Waals surface area contributed by atoms with Crippen LogP contribution >= 0.6 is 0 Å². The van der Waals surface area contributed by atoms with E-state index in [1.807, 2.05) is 13.0 Å². The molecule has 0 radical (unpaired) electrons. The molecule has 0 aromatic heterocycles. The third-order valence-electron chi connectivity index (χ3n) is 2.62. The minimum Gasteiger partial charge on any atom is -0.385 e. The van der Waals surface area contributed by atoms with Gasteiger partial charge in [-0.25, -0.2) is 0 Å². The van der Waals surface area contributed by atoms with Crippen LogP contribution < -0.4 is 10.6 Å². The molecular formula is C13H21N3O3. The summed E-state index contributed by atoms with van der Waals surface area (Å²) in [6.45, 7) is 4.01. The van der Waals surface area contributed by atoms with Gasteiger partial charge in [-0.05, 0) is 25.0 Å². The average Bonchev–Trinajstić information content (AvgIpc) is 2.41. The molecule has 0 fully saturated rings. The molecule has 0 bridgehead atoms. The van der Waals surface area contributed by atoms with E-state index in [9.17, 15) is 10.1 Å². The third-order valence-corrected chi connectivity index (χ3v) is 2.62. The zero-order chi connectivity index (χ0) is 14.1. The van der Waals surface area contributed by atoms with E-state index >= 15 is 0 Å². The second kappa shape index (κ2) is 8.31. The number of nitro benzene ring substituents is 1. The van der Waals surface area contributed by atoms with Crippen molar-refractivity contribution in [3.8, 4) is 0 Å². The zero-order valence-electron chi connectivity index (χ0n) is 11.4. The highest BCUT2D eigenvalue weighted by atomic mass is 16.6. The van der Waals surface area contributed by atoms with Crippen molar-refractivity contribution in [2.75, 3.05) is 37.4 Å². The smallest absolute Gasteiger partial charge is 0.315 e. The summed E-state index contributed by atoms with van der Waals surface area (Å²) in [5.74, 6) is 0. The fraction of sp³-hybridized carbons (Fsp3) is 0.538. The first kappa shape index (κ1) is 15.2. The summed E-state index contributed by atoms with van der Waals surface area (Å²) < 4.78 is 4.95. The van der Waals surface area contributed by atoms with Crippen molar-refractivity contribution in [1.82, 2.24) is 0 Å². The van der Waals surface area contributed by atoms with Crippen molar-refractivity contribution in [2.24, 2.45) is 0 Å². The van der Waals surface area contributed by atoms with Crippen molar-refractivity contribution < 1.29 is 9.66 Å². The van der Waals surface area contributed by atoms with Gasteiger partial charge in [-0.3, -0.25) is 10.1 Å². The van der Waals surface area contributed by atoms with Crippen LogP contribution in [0.25, 0.3) is 0 Å². The number of ether oxygens (including phenoxy) is 1. The first-order chi connectivity index (χ1) is 9.20. The fourth-order valence-electron chi connectivity index (χ4n) is 1.72. The molecule has 0 atom stereocenters. The molecule has 19 heavy (non-hydrogen) atoms. The van der Waals surface area contributed by atoms with Crippen LogP contribution in [0.5, 0.6) is 0 Å². The minimum absolute atomic E-state index is 0.105. The van der Waals surface area contributed by atoms with E-state index < -0.39 is 0 Å². The number of para-hydroxylation sites is 1. The first-order valence-electron chi connectivity index (χ1n) is 6.44. The van der Waals surface area contributed by atoms with Gasteiger partial charge in [-0.2, -0.15) is 0 Å². The van der Waals surface area contributed by atoms with Gasteiger partial charge in [0, 0.05) is 26.8 Å². The molecule has 0 aliphatic rings. The van der Waals surface area contributed by atoms with Gasteiger partial charge < -0.3 is 15.4 Å². The van der Waals surface area contributed by atoms with Gasteiger partial charge >= 0.3 is 5.69 Å². The van der Waals surface area contributed by atoms with Crippen molar-refractivity contribution >= 4 is 17.1 Å². The number of methoxy groups -OCH3 is 1. The summed E-state index contributed by atoms with van der Waals surface area (Å²) in [6.07, 6.45) is 1.73. The number of hydrogen-bond donors (Lipinski definition) is 2. The van der Waals surface area contributed by atoms with Gasteiger partial charge in [0.15, 0.2) is 0 Å².